The van der Waals surface area contributed by atoms with Crippen LogP contribution in [0.5, 0.6) is 0 Å². The van der Waals surface area contributed by atoms with Gasteiger partial charge < -0.3 is 10.2 Å². The predicted octanol–water partition coefficient (Wildman–Crippen LogP) is 4.56. The molecule has 1 aliphatic carbocycles. The van der Waals surface area contributed by atoms with E-state index in [1.807, 2.05) is 42.1 Å². The second-order valence-corrected chi connectivity index (χ2v) is 8.17. The number of aliphatic imine (C=N–C) groups is 1. The maximum atomic E-state index is 12.4. The molecule has 1 aromatic rings. The molecule has 4 nitrogen and oxygen atoms in total. The molecular formula is C19H28ClN3OS. The first-order valence-corrected chi connectivity index (χ1v) is 9.83. The molecule has 6 heteroatoms. The molecule has 1 amide bonds. The number of amidine groups is 1. The van der Waals surface area contributed by atoms with E-state index in [1.165, 1.54) is 32.1 Å². The number of rotatable bonds is 4. The van der Waals surface area contributed by atoms with E-state index in [2.05, 4.69) is 24.2 Å². The van der Waals surface area contributed by atoms with Crippen molar-refractivity contribution < 1.29 is 4.79 Å². The fourth-order valence-electron chi connectivity index (χ4n) is 3.50. The van der Waals surface area contributed by atoms with Gasteiger partial charge in [0.2, 0.25) is 5.91 Å². The Hall–Kier alpha value is -1.20. The lowest BCUT2D eigenvalue weighted by Gasteiger charge is -2.24. The Morgan fingerprint density at radius 2 is 1.92 bits per heavy atom. The largest absolute Gasteiger partial charge is 0.350 e. The van der Waals surface area contributed by atoms with Crippen LogP contribution in [0.2, 0.25) is 0 Å². The number of halogens is 1. The van der Waals surface area contributed by atoms with Crippen molar-refractivity contribution in [1.82, 2.24) is 4.90 Å². The molecule has 1 saturated heterocycles. The van der Waals surface area contributed by atoms with Crippen molar-refractivity contribution in [2.45, 2.75) is 62.8 Å². The predicted molar refractivity (Wildman–Crippen MR) is 110 cm³/mol. The van der Waals surface area contributed by atoms with Gasteiger partial charge in [-0.1, -0.05) is 56.1 Å². The average Bonchev–Trinajstić information content (AvgIpc) is 2.84. The minimum absolute atomic E-state index is 0. The zero-order valence-corrected chi connectivity index (χ0v) is 16.6. The zero-order valence-electron chi connectivity index (χ0n) is 15.0. The lowest BCUT2D eigenvalue weighted by molar-refractivity contribution is -0.117. The molecule has 2 atom stereocenters. The van der Waals surface area contributed by atoms with Gasteiger partial charge in [-0.15, -0.1) is 12.4 Å². The molecule has 1 saturated carbocycles. The van der Waals surface area contributed by atoms with Crippen molar-refractivity contribution in [3.8, 4) is 0 Å². The number of nitrogens with one attached hydrogen (secondary N) is 1. The highest BCUT2D eigenvalue weighted by Gasteiger charge is 2.35. The maximum Gasteiger partial charge on any atom is 0.226 e. The number of thioether (sulfide) groups is 1. The molecule has 1 N–H and O–H groups in total. The van der Waals surface area contributed by atoms with E-state index in [1.54, 1.807) is 0 Å². The monoisotopic (exact) mass is 381 g/mol. The quantitative estimate of drug-likeness (QED) is 0.831. The molecule has 1 aliphatic heterocycles. The number of carbonyl (C=O) groups excluding carboxylic acids is 1. The van der Waals surface area contributed by atoms with Crippen molar-refractivity contribution in [2.24, 2.45) is 4.99 Å². The van der Waals surface area contributed by atoms with Crippen LogP contribution in [-0.2, 0) is 4.79 Å². The van der Waals surface area contributed by atoms with Gasteiger partial charge in [-0.2, -0.15) is 0 Å². The third kappa shape index (κ3) is 5.38. The Labute approximate surface area is 161 Å². The van der Waals surface area contributed by atoms with Gasteiger partial charge in [-0.25, -0.2) is 0 Å². The molecule has 0 aromatic heterocycles. The normalized spacial score (nSPS) is 25.7. The van der Waals surface area contributed by atoms with Gasteiger partial charge in [-0.3, -0.25) is 9.79 Å². The summed E-state index contributed by atoms with van der Waals surface area (Å²) < 4.78 is 0. The van der Waals surface area contributed by atoms with Crippen LogP contribution in [0, 0.1) is 0 Å². The molecule has 2 aliphatic rings. The number of benzene rings is 1. The molecule has 1 heterocycles. The van der Waals surface area contributed by atoms with Crippen molar-refractivity contribution in [2.75, 3.05) is 12.4 Å². The minimum Gasteiger partial charge on any atom is -0.350 e. The zero-order chi connectivity index (χ0) is 16.9. The molecule has 0 spiro atoms. The number of nitrogens with zero attached hydrogens (tertiary/aromatic N) is 2. The summed E-state index contributed by atoms with van der Waals surface area (Å²) in [6.45, 7) is 2.20. The van der Waals surface area contributed by atoms with E-state index >= 15 is 0 Å². The summed E-state index contributed by atoms with van der Waals surface area (Å²) in [5, 5.41) is 4.50. The summed E-state index contributed by atoms with van der Waals surface area (Å²) in [7, 11) is 2.08. The van der Waals surface area contributed by atoms with E-state index in [9.17, 15) is 4.79 Å². The fourth-order valence-corrected chi connectivity index (χ4v) is 4.78. The van der Waals surface area contributed by atoms with Gasteiger partial charge in [-0.05, 0) is 25.0 Å². The lowest BCUT2D eigenvalue weighted by Crippen LogP contribution is -2.36. The topological polar surface area (TPSA) is 44.7 Å². The van der Waals surface area contributed by atoms with Gasteiger partial charge in [0.15, 0.2) is 5.17 Å². The first-order valence-electron chi connectivity index (χ1n) is 8.95. The second kappa shape index (κ2) is 9.48. The standard InChI is InChI=1S/C19H27N3OS.ClH/c1-14-17(13-18(23)20-15-9-5-3-6-10-15)22(2)19(24-14)21-16-11-7-4-8-12-16;/h3,5-6,9-10,14,16-17H,4,7-8,11-13H2,1-2H3,(H,20,23);1H/b21-19-;. The van der Waals surface area contributed by atoms with E-state index < -0.39 is 0 Å². The van der Waals surface area contributed by atoms with Crippen LogP contribution in [0.15, 0.2) is 35.3 Å². The summed E-state index contributed by atoms with van der Waals surface area (Å²) >= 11 is 1.82. The molecular weight excluding hydrogens is 354 g/mol. The Balaban J connectivity index is 0.00000225. The molecule has 138 valence electrons. The van der Waals surface area contributed by atoms with Crippen LogP contribution in [-0.4, -0.2) is 40.4 Å². The van der Waals surface area contributed by atoms with Crippen molar-refractivity contribution in [1.29, 1.82) is 0 Å². The van der Waals surface area contributed by atoms with Crippen molar-refractivity contribution in [3.63, 3.8) is 0 Å². The molecule has 3 rings (SSSR count). The third-order valence-electron chi connectivity index (χ3n) is 4.95. The number of amides is 1. The molecule has 25 heavy (non-hydrogen) atoms. The molecule has 0 radical (unpaired) electrons. The van der Waals surface area contributed by atoms with Crippen LogP contribution < -0.4 is 5.32 Å². The molecule has 1 aromatic carbocycles. The van der Waals surface area contributed by atoms with Gasteiger partial charge in [0.1, 0.15) is 0 Å². The Kier molecular flexibility index (Phi) is 7.63. The highest BCUT2D eigenvalue weighted by molar-refractivity contribution is 8.14. The van der Waals surface area contributed by atoms with E-state index in [-0.39, 0.29) is 24.4 Å². The summed E-state index contributed by atoms with van der Waals surface area (Å²) in [6, 6.07) is 10.4. The van der Waals surface area contributed by atoms with Crippen LogP contribution in [0.1, 0.15) is 45.4 Å². The van der Waals surface area contributed by atoms with E-state index in [0.717, 1.165) is 10.9 Å². The highest BCUT2D eigenvalue weighted by atomic mass is 35.5. The third-order valence-corrected chi connectivity index (χ3v) is 6.24. The SMILES string of the molecule is CC1S/C(=N\C2CCCCC2)N(C)C1CC(=O)Nc1ccccc1.Cl. The highest BCUT2D eigenvalue weighted by Crippen LogP contribution is 2.33. The first kappa shape index (κ1) is 20.1. The van der Waals surface area contributed by atoms with Gasteiger partial charge in [0.25, 0.3) is 0 Å². The van der Waals surface area contributed by atoms with E-state index in [0.29, 0.717) is 17.7 Å². The van der Waals surface area contributed by atoms with Crippen LogP contribution in [0.4, 0.5) is 5.69 Å². The summed E-state index contributed by atoms with van der Waals surface area (Å²) in [5.74, 6) is 0.0735. The van der Waals surface area contributed by atoms with Gasteiger partial charge in [0, 0.05) is 24.4 Å². The maximum absolute atomic E-state index is 12.4. The summed E-state index contributed by atoms with van der Waals surface area (Å²) in [6.07, 6.45) is 6.88. The summed E-state index contributed by atoms with van der Waals surface area (Å²) in [5.41, 5.74) is 0.861. The second-order valence-electron chi connectivity index (χ2n) is 6.82. The Bertz CT molecular complexity index is 590. The molecule has 2 fully saturated rings. The Morgan fingerprint density at radius 1 is 1.24 bits per heavy atom. The molecule has 0 bridgehead atoms. The number of hydrogen-bond acceptors (Lipinski definition) is 3. The van der Waals surface area contributed by atoms with Crippen molar-refractivity contribution >= 4 is 40.9 Å². The number of para-hydroxylation sites is 1. The summed E-state index contributed by atoms with van der Waals surface area (Å²) in [4.78, 5) is 19.6. The minimum atomic E-state index is 0. The average molecular weight is 382 g/mol. The fraction of sp³-hybridized carbons (Fsp3) is 0.579. The van der Waals surface area contributed by atoms with Crippen LogP contribution >= 0.6 is 24.2 Å². The van der Waals surface area contributed by atoms with Crippen LogP contribution in [0.25, 0.3) is 0 Å². The number of anilines is 1. The lowest BCUT2D eigenvalue weighted by atomic mass is 9.96. The van der Waals surface area contributed by atoms with Gasteiger partial charge in [0.05, 0.1) is 12.1 Å². The van der Waals surface area contributed by atoms with Gasteiger partial charge >= 0.3 is 0 Å². The Morgan fingerprint density at radius 3 is 2.60 bits per heavy atom. The first-order chi connectivity index (χ1) is 11.6. The van der Waals surface area contributed by atoms with Crippen molar-refractivity contribution in [3.05, 3.63) is 30.3 Å². The number of hydrogen-bond donors (Lipinski definition) is 1. The van der Waals surface area contributed by atoms with Crippen LogP contribution in [0.3, 0.4) is 0 Å². The van der Waals surface area contributed by atoms with E-state index in [4.69, 9.17) is 4.99 Å². The number of carbonyl (C=O) groups is 1. The molecule has 2 unspecified atom stereocenters. The smallest absolute Gasteiger partial charge is 0.226 e.